The monoisotopic (exact) mass is 396 g/mol. The number of alkyl halides is 3. The Hall–Kier alpha value is -2.62. The van der Waals surface area contributed by atoms with Crippen molar-refractivity contribution in [3.05, 3.63) is 24.5 Å². The first-order chi connectivity index (χ1) is 13.4. The van der Waals surface area contributed by atoms with Crippen molar-refractivity contribution in [3.63, 3.8) is 0 Å². The van der Waals surface area contributed by atoms with Gasteiger partial charge in [-0.3, -0.25) is 0 Å². The molecule has 1 fully saturated rings. The standard InChI is InChI=1S/C10H9N5O.C8H14F3N/c1-16-7-4-2-3-6-8(7)14-10(11)15-9(6)12-5-13-15;9-8(10,11)4-7-12-5-2-1-3-6-12/h2-5H,1H3,(H2,11,14);1-7H2. The van der Waals surface area contributed by atoms with Crippen LogP contribution in [0, 0.1) is 0 Å². The number of fused-ring (bicyclic) bond motifs is 3. The molecule has 1 aliphatic heterocycles. The van der Waals surface area contributed by atoms with E-state index in [1.54, 1.807) is 7.11 Å². The van der Waals surface area contributed by atoms with Crippen molar-refractivity contribution in [1.29, 1.82) is 0 Å². The van der Waals surface area contributed by atoms with Gasteiger partial charge < -0.3 is 15.4 Å². The number of nitrogen functional groups attached to an aromatic ring is 1. The topological polar surface area (TPSA) is 81.6 Å². The van der Waals surface area contributed by atoms with Gasteiger partial charge in [0.05, 0.1) is 13.5 Å². The summed E-state index contributed by atoms with van der Waals surface area (Å²) in [5.74, 6) is 0.971. The Bertz CT molecular complexity index is 921. The maximum Gasteiger partial charge on any atom is 0.390 e. The van der Waals surface area contributed by atoms with Crippen molar-refractivity contribution < 1.29 is 17.9 Å². The van der Waals surface area contributed by atoms with E-state index in [1.807, 2.05) is 23.1 Å². The number of benzene rings is 1. The average Bonchev–Trinajstić information content (AvgIpc) is 3.18. The van der Waals surface area contributed by atoms with Crippen LogP contribution in [0.15, 0.2) is 24.5 Å². The Labute approximate surface area is 160 Å². The van der Waals surface area contributed by atoms with Crippen molar-refractivity contribution in [2.75, 3.05) is 32.5 Å². The molecule has 28 heavy (non-hydrogen) atoms. The molecule has 2 N–H and O–H groups in total. The van der Waals surface area contributed by atoms with Gasteiger partial charge in [0.25, 0.3) is 0 Å². The van der Waals surface area contributed by atoms with Crippen LogP contribution in [0.4, 0.5) is 19.1 Å². The summed E-state index contributed by atoms with van der Waals surface area (Å²) in [5, 5.41) is 4.87. The number of hydrogen-bond donors (Lipinski definition) is 1. The summed E-state index contributed by atoms with van der Waals surface area (Å²) < 4.78 is 42.1. The molecule has 0 amide bonds. The second-order valence-electron chi connectivity index (χ2n) is 6.59. The van der Waals surface area contributed by atoms with E-state index in [9.17, 15) is 13.2 Å². The van der Waals surface area contributed by atoms with E-state index in [2.05, 4.69) is 15.1 Å². The molecular formula is C18H23F3N6O. The van der Waals surface area contributed by atoms with Crippen LogP contribution in [0.2, 0.25) is 0 Å². The lowest BCUT2D eigenvalue weighted by atomic mass is 10.1. The number of halogens is 3. The zero-order valence-corrected chi connectivity index (χ0v) is 15.6. The van der Waals surface area contributed by atoms with E-state index >= 15 is 0 Å². The van der Waals surface area contributed by atoms with Gasteiger partial charge >= 0.3 is 6.18 Å². The first-order valence-corrected chi connectivity index (χ1v) is 9.10. The molecule has 0 bridgehead atoms. The van der Waals surface area contributed by atoms with E-state index in [-0.39, 0.29) is 6.54 Å². The van der Waals surface area contributed by atoms with E-state index in [4.69, 9.17) is 10.5 Å². The third kappa shape index (κ3) is 4.80. The zero-order chi connectivity index (χ0) is 20.1. The highest BCUT2D eigenvalue weighted by Gasteiger charge is 2.27. The molecule has 0 atom stereocenters. The molecular weight excluding hydrogens is 373 g/mol. The Morgan fingerprint density at radius 2 is 1.93 bits per heavy atom. The number of likely N-dealkylation sites (tertiary alicyclic amines) is 1. The van der Waals surface area contributed by atoms with Crippen LogP contribution in [-0.2, 0) is 0 Å². The van der Waals surface area contributed by atoms with Crippen LogP contribution in [-0.4, -0.2) is 57.4 Å². The number of anilines is 1. The Kier molecular flexibility index (Phi) is 6.18. The van der Waals surface area contributed by atoms with Crippen LogP contribution in [0.3, 0.4) is 0 Å². The predicted octanol–water partition coefficient (Wildman–Crippen LogP) is 3.29. The number of ether oxygens (including phenoxy) is 1. The summed E-state index contributed by atoms with van der Waals surface area (Å²) in [6, 6.07) is 5.63. The summed E-state index contributed by atoms with van der Waals surface area (Å²) in [4.78, 5) is 10.3. The number of hydrogen-bond acceptors (Lipinski definition) is 6. The van der Waals surface area contributed by atoms with Gasteiger partial charge in [0.15, 0.2) is 5.65 Å². The molecule has 3 aromatic rings. The van der Waals surface area contributed by atoms with E-state index in [0.29, 0.717) is 22.9 Å². The third-order valence-corrected chi connectivity index (χ3v) is 4.61. The molecule has 7 nitrogen and oxygen atoms in total. The van der Waals surface area contributed by atoms with Gasteiger partial charge in [0.1, 0.15) is 17.6 Å². The lowest BCUT2D eigenvalue weighted by molar-refractivity contribution is -0.138. The van der Waals surface area contributed by atoms with Gasteiger partial charge in [-0.2, -0.15) is 22.8 Å². The minimum atomic E-state index is -3.99. The molecule has 152 valence electrons. The van der Waals surface area contributed by atoms with E-state index < -0.39 is 12.6 Å². The van der Waals surface area contributed by atoms with Crippen molar-refractivity contribution in [1.82, 2.24) is 24.5 Å². The summed E-state index contributed by atoms with van der Waals surface area (Å²) in [7, 11) is 1.60. The molecule has 1 saturated heterocycles. The molecule has 2 aromatic heterocycles. The molecule has 0 saturated carbocycles. The first kappa shape index (κ1) is 20.1. The van der Waals surface area contributed by atoms with Gasteiger partial charge in [0, 0.05) is 11.9 Å². The van der Waals surface area contributed by atoms with Gasteiger partial charge in [0.2, 0.25) is 5.95 Å². The van der Waals surface area contributed by atoms with E-state index in [0.717, 1.165) is 31.3 Å². The molecule has 1 aliphatic rings. The molecule has 0 radical (unpaired) electrons. The van der Waals surface area contributed by atoms with Crippen LogP contribution in [0.5, 0.6) is 5.75 Å². The van der Waals surface area contributed by atoms with Crippen LogP contribution < -0.4 is 10.5 Å². The second-order valence-corrected chi connectivity index (χ2v) is 6.59. The smallest absolute Gasteiger partial charge is 0.390 e. The number of piperidine rings is 1. The number of nitrogens with two attached hydrogens (primary N) is 1. The summed E-state index contributed by atoms with van der Waals surface area (Å²) in [5.41, 5.74) is 7.16. The highest BCUT2D eigenvalue weighted by molar-refractivity contribution is 5.95. The number of para-hydroxylation sites is 1. The maximum atomic E-state index is 11.8. The molecule has 4 rings (SSSR count). The van der Waals surface area contributed by atoms with Crippen molar-refractivity contribution in [2.24, 2.45) is 0 Å². The lowest BCUT2D eigenvalue weighted by Gasteiger charge is -2.26. The molecule has 0 unspecified atom stereocenters. The number of nitrogens with zero attached hydrogens (tertiary/aromatic N) is 5. The summed E-state index contributed by atoms with van der Waals surface area (Å²) in [6.07, 6.45) is 0.0783. The summed E-state index contributed by atoms with van der Waals surface area (Å²) in [6.45, 7) is 1.87. The van der Waals surface area contributed by atoms with Crippen LogP contribution in [0.25, 0.3) is 16.6 Å². The van der Waals surface area contributed by atoms with Gasteiger partial charge in [-0.05, 0) is 38.1 Å². The lowest BCUT2D eigenvalue weighted by Crippen LogP contribution is -2.32. The fourth-order valence-corrected chi connectivity index (χ4v) is 3.21. The third-order valence-electron chi connectivity index (χ3n) is 4.61. The van der Waals surface area contributed by atoms with Crippen molar-refractivity contribution in [3.8, 4) is 5.75 Å². The normalized spacial score (nSPS) is 15.4. The largest absolute Gasteiger partial charge is 0.494 e. The number of rotatable bonds is 3. The van der Waals surface area contributed by atoms with Crippen molar-refractivity contribution >= 4 is 22.5 Å². The van der Waals surface area contributed by atoms with Gasteiger partial charge in [-0.15, -0.1) is 0 Å². The Balaban J connectivity index is 0.000000169. The zero-order valence-electron chi connectivity index (χ0n) is 15.6. The minimum Gasteiger partial charge on any atom is -0.494 e. The quantitative estimate of drug-likeness (QED) is 0.732. The van der Waals surface area contributed by atoms with Gasteiger partial charge in [-0.1, -0.05) is 12.5 Å². The fourth-order valence-electron chi connectivity index (χ4n) is 3.21. The van der Waals surface area contributed by atoms with E-state index in [1.165, 1.54) is 17.3 Å². The Morgan fingerprint density at radius 1 is 1.18 bits per heavy atom. The fraction of sp³-hybridized carbons (Fsp3) is 0.500. The first-order valence-electron chi connectivity index (χ1n) is 9.10. The molecule has 1 aromatic carbocycles. The molecule has 10 heteroatoms. The Morgan fingerprint density at radius 3 is 2.61 bits per heavy atom. The summed E-state index contributed by atoms with van der Waals surface area (Å²) >= 11 is 0. The molecule has 0 aliphatic carbocycles. The molecule has 3 heterocycles. The number of aromatic nitrogens is 4. The SMILES string of the molecule is COc1cccc2c1nc(N)n1ncnc21.FC(F)(F)CCN1CCCCC1. The average molecular weight is 396 g/mol. The predicted molar refractivity (Wildman–Crippen MR) is 100 cm³/mol. The highest BCUT2D eigenvalue weighted by Crippen LogP contribution is 2.26. The van der Waals surface area contributed by atoms with Gasteiger partial charge in [-0.25, -0.2) is 9.97 Å². The second kappa shape index (κ2) is 8.59. The highest BCUT2D eigenvalue weighted by atomic mass is 19.4. The maximum absolute atomic E-state index is 11.8. The number of methoxy groups -OCH3 is 1. The molecule has 0 spiro atoms. The minimum absolute atomic E-state index is 0.184. The van der Waals surface area contributed by atoms with Crippen LogP contribution in [0.1, 0.15) is 25.7 Å². The van der Waals surface area contributed by atoms with Crippen molar-refractivity contribution in [2.45, 2.75) is 31.9 Å². The van der Waals surface area contributed by atoms with Crippen LogP contribution >= 0.6 is 0 Å².